The van der Waals surface area contributed by atoms with Crippen LogP contribution in [0.25, 0.3) is 10.9 Å². The van der Waals surface area contributed by atoms with E-state index in [1.165, 1.54) is 26.5 Å². The minimum atomic E-state index is 0.296. The summed E-state index contributed by atoms with van der Waals surface area (Å²) in [6, 6.07) is 8.47. The smallest absolute Gasteiger partial charge is 0.129 e. The first-order valence-electron chi connectivity index (χ1n) is 9.74. The third kappa shape index (κ3) is 3.49. The average molecular weight is 384 g/mol. The van der Waals surface area contributed by atoms with Gasteiger partial charge in [-0.05, 0) is 31.0 Å². The number of hydrogen-bond acceptors (Lipinski definition) is 5. The van der Waals surface area contributed by atoms with Crippen molar-refractivity contribution in [3.63, 3.8) is 0 Å². The van der Waals surface area contributed by atoms with Crippen molar-refractivity contribution in [2.24, 2.45) is 7.05 Å². The summed E-state index contributed by atoms with van der Waals surface area (Å²) in [5, 5.41) is 2.44. The molecule has 2 aliphatic heterocycles. The molecule has 1 aromatic carbocycles. The minimum absolute atomic E-state index is 0.296. The first-order chi connectivity index (χ1) is 13.3. The third-order valence-corrected chi connectivity index (χ3v) is 6.67. The number of nitrogens with zero attached hydrogens (tertiary/aromatic N) is 3. The van der Waals surface area contributed by atoms with Crippen molar-refractivity contribution < 1.29 is 9.47 Å². The van der Waals surface area contributed by atoms with E-state index >= 15 is 0 Å². The molecule has 0 N–H and O–H groups in total. The number of aryl methyl sites for hydroxylation is 1. The number of thiazole rings is 1. The lowest BCUT2D eigenvalue weighted by molar-refractivity contribution is 0.0978. The standard InChI is InChI=1S/C21H25N3O2S/c1-23-9-7-16-18(23)3-2-4-19(16)26-15-5-10-24(11-6-15)13-21-22-17-8-12-25-14-20(17)27-21/h2-4,7,9,15H,5-6,8,10-14H2,1H3. The molecule has 5 rings (SSSR count). The molecule has 27 heavy (non-hydrogen) atoms. The molecule has 6 heteroatoms. The van der Waals surface area contributed by atoms with Crippen LogP contribution < -0.4 is 4.74 Å². The molecular weight excluding hydrogens is 358 g/mol. The number of likely N-dealkylation sites (tertiary alicyclic amines) is 1. The van der Waals surface area contributed by atoms with Crippen molar-refractivity contribution >= 4 is 22.2 Å². The fraction of sp³-hybridized carbons (Fsp3) is 0.476. The van der Waals surface area contributed by atoms with Crippen LogP contribution in [-0.2, 0) is 31.4 Å². The van der Waals surface area contributed by atoms with Gasteiger partial charge in [0.25, 0.3) is 0 Å². The van der Waals surface area contributed by atoms with E-state index in [1.807, 2.05) is 11.3 Å². The van der Waals surface area contributed by atoms with Crippen LogP contribution in [0.3, 0.4) is 0 Å². The molecule has 0 atom stereocenters. The lowest BCUT2D eigenvalue weighted by atomic mass is 10.1. The number of piperidine rings is 1. The van der Waals surface area contributed by atoms with Gasteiger partial charge in [0.05, 0.1) is 35.8 Å². The Kier molecular flexibility index (Phi) is 4.63. The quantitative estimate of drug-likeness (QED) is 0.688. The van der Waals surface area contributed by atoms with Crippen molar-refractivity contribution in [1.29, 1.82) is 0 Å². The number of hydrogen-bond donors (Lipinski definition) is 0. The molecule has 142 valence electrons. The Bertz CT molecular complexity index is 917. The van der Waals surface area contributed by atoms with Crippen LogP contribution in [0.1, 0.15) is 28.4 Å². The monoisotopic (exact) mass is 383 g/mol. The molecule has 2 aliphatic rings. The first kappa shape index (κ1) is 17.2. The summed E-state index contributed by atoms with van der Waals surface area (Å²) in [7, 11) is 2.08. The predicted octanol–water partition coefficient (Wildman–Crippen LogP) is 3.75. The molecule has 5 nitrogen and oxygen atoms in total. The normalized spacial score (nSPS) is 18.7. The number of aromatic nitrogens is 2. The Balaban J connectivity index is 1.19. The molecule has 0 radical (unpaired) electrons. The molecule has 0 amide bonds. The van der Waals surface area contributed by atoms with E-state index in [-0.39, 0.29) is 0 Å². The van der Waals surface area contributed by atoms with E-state index in [2.05, 4.69) is 47.0 Å². The van der Waals surface area contributed by atoms with Crippen molar-refractivity contribution in [3.8, 4) is 5.75 Å². The molecule has 1 saturated heterocycles. The maximum atomic E-state index is 6.38. The van der Waals surface area contributed by atoms with Crippen molar-refractivity contribution in [2.45, 2.75) is 38.5 Å². The SMILES string of the molecule is Cn1ccc2c(OC3CCN(Cc4nc5c(s4)COCC5)CC3)cccc21. The van der Waals surface area contributed by atoms with Gasteiger partial charge in [-0.15, -0.1) is 11.3 Å². The van der Waals surface area contributed by atoms with Gasteiger partial charge in [0, 0.05) is 38.1 Å². The molecule has 4 heterocycles. The van der Waals surface area contributed by atoms with Gasteiger partial charge in [0.2, 0.25) is 0 Å². The van der Waals surface area contributed by atoms with Crippen LogP contribution in [-0.4, -0.2) is 40.3 Å². The fourth-order valence-electron chi connectivity index (χ4n) is 4.08. The number of fused-ring (bicyclic) bond motifs is 2. The first-order valence-corrected chi connectivity index (χ1v) is 10.6. The fourth-order valence-corrected chi connectivity index (χ4v) is 5.17. The maximum Gasteiger partial charge on any atom is 0.129 e. The number of rotatable bonds is 4. The molecule has 0 aliphatic carbocycles. The zero-order valence-electron chi connectivity index (χ0n) is 15.7. The summed E-state index contributed by atoms with van der Waals surface area (Å²) in [6.07, 6.45) is 5.49. The molecule has 0 unspecified atom stereocenters. The van der Waals surface area contributed by atoms with E-state index in [9.17, 15) is 0 Å². The number of ether oxygens (including phenoxy) is 2. The van der Waals surface area contributed by atoms with Crippen LogP contribution in [0.2, 0.25) is 0 Å². The topological polar surface area (TPSA) is 39.5 Å². The van der Waals surface area contributed by atoms with Crippen LogP contribution >= 0.6 is 11.3 Å². The molecule has 0 spiro atoms. The second-order valence-corrected chi connectivity index (χ2v) is 8.66. The third-order valence-electron chi connectivity index (χ3n) is 5.61. The summed E-state index contributed by atoms with van der Waals surface area (Å²) < 4.78 is 14.1. The van der Waals surface area contributed by atoms with Gasteiger partial charge in [-0.1, -0.05) is 6.07 Å². The van der Waals surface area contributed by atoms with E-state index < -0.39 is 0 Å². The van der Waals surface area contributed by atoms with E-state index in [4.69, 9.17) is 14.5 Å². The van der Waals surface area contributed by atoms with Gasteiger partial charge in [-0.3, -0.25) is 4.90 Å². The Hall–Kier alpha value is -1.89. The lowest BCUT2D eigenvalue weighted by Gasteiger charge is -2.31. The maximum absolute atomic E-state index is 6.38. The largest absolute Gasteiger partial charge is 0.490 e. The van der Waals surface area contributed by atoms with Crippen LogP contribution in [0.15, 0.2) is 30.5 Å². The Morgan fingerprint density at radius 1 is 1.26 bits per heavy atom. The predicted molar refractivity (Wildman–Crippen MR) is 107 cm³/mol. The zero-order chi connectivity index (χ0) is 18.2. The molecule has 1 fully saturated rings. The lowest BCUT2D eigenvalue weighted by Crippen LogP contribution is -2.37. The van der Waals surface area contributed by atoms with Crippen molar-refractivity contribution in [3.05, 3.63) is 46.0 Å². The van der Waals surface area contributed by atoms with Crippen LogP contribution in [0, 0.1) is 0 Å². The summed E-state index contributed by atoms with van der Waals surface area (Å²) in [4.78, 5) is 8.66. The van der Waals surface area contributed by atoms with Gasteiger partial charge in [0.1, 0.15) is 16.9 Å². The zero-order valence-corrected chi connectivity index (χ0v) is 16.5. The van der Waals surface area contributed by atoms with E-state index in [0.717, 1.165) is 57.9 Å². The van der Waals surface area contributed by atoms with Gasteiger partial charge in [-0.25, -0.2) is 4.98 Å². The van der Waals surface area contributed by atoms with Gasteiger partial charge in [-0.2, -0.15) is 0 Å². The Morgan fingerprint density at radius 3 is 3.00 bits per heavy atom. The second-order valence-electron chi connectivity index (χ2n) is 7.49. The van der Waals surface area contributed by atoms with Gasteiger partial charge in [0.15, 0.2) is 0 Å². The van der Waals surface area contributed by atoms with Crippen LogP contribution in [0.5, 0.6) is 5.75 Å². The van der Waals surface area contributed by atoms with Crippen molar-refractivity contribution in [2.75, 3.05) is 19.7 Å². The summed E-state index contributed by atoms with van der Waals surface area (Å²) in [5.74, 6) is 1.01. The van der Waals surface area contributed by atoms with Crippen LogP contribution in [0.4, 0.5) is 0 Å². The molecule has 2 aromatic heterocycles. The minimum Gasteiger partial charge on any atom is -0.490 e. The summed E-state index contributed by atoms with van der Waals surface area (Å²) >= 11 is 1.82. The van der Waals surface area contributed by atoms with Gasteiger partial charge >= 0.3 is 0 Å². The van der Waals surface area contributed by atoms with E-state index in [1.54, 1.807) is 0 Å². The number of benzene rings is 1. The highest BCUT2D eigenvalue weighted by Crippen LogP contribution is 2.29. The molecule has 3 aromatic rings. The Labute approximate surface area is 163 Å². The highest BCUT2D eigenvalue weighted by molar-refractivity contribution is 7.11. The highest BCUT2D eigenvalue weighted by atomic mass is 32.1. The van der Waals surface area contributed by atoms with Crippen molar-refractivity contribution in [1.82, 2.24) is 14.5 Å². The Morgan fingerprint density at radius 2 is 2.15 bits per heavy atom. The molecule has 0 bridgehead atoms. The molecule has 0 saturated carbocycles. The highest BCUT2D eigenvalue weighted by Gasteiger charge is 2.23. The average Bonchev–Trinajstić information content (AvgIpc) is 3.27. The van der Waals surface area contributed by atoms with E-state index in [0.29, 0.717) is 6.10 Å². The van der Waals surface area contributed by atoms with Gasteiger partial charge < -0.3 is 14.0 Å². The second kappa shape index (κ2) is 7.26. The summed E-state index contributed by atoms with van der Waals surface area (Å²) in [5.41, 5.74) is 2.48. The molecular formula is C21H25N3O2S. The summed E-state index contributed by atoms with van der Waals surface area (Å²) in [6.45, 7) is 4.64.